The Morgan fingerprint density at radius 2 is 1.79 bits per heavy atom. The van der Waals surface area contributed by atoms with E-state index in [1.807, 2.05) is 48.5 Å². The van der Waals surface area contributed by atoms with Crippen LogP contribution in [0.15, 0.2) is 48.5 Å². The van der Waals surface area contributed by atoms with Crippen LogP contribution in [0.1, 0.15) is 37.3 Å². The highest BCUT2D eigenvalue weighted by atomic mass is 35.5. The molecule has 0 amide bonds. The molecule has 2 atom stereocenters. The summed E-state index contributed by atoms with van der Waals surface area (Å²) in [5.74, 6) is 1.17. The Bertz CT molecular complexity index is 682. The molecule has 2 aromatic rings. The number of ketones is 1. The van der Waals surface area contributed by atoms with Crippen LogP contribution in [0.4, 0.5) is 5.69 Å². The van der Waals surface area contributed by atoms with Gasteiger partial charge in [0.05, 0.1) is 13.2 Å². The first-order chi connectivity index (χ1) is 11.7. The highest BCUT2D eigenvalue weighted by molar-refractivity contribution is 6.30. The van der Waals surface area contributed by atoms with Crippen molar-refractivity contribution in [2.75, 3.05) is 12.4 Å². The molecule has 0 heterocycles. The summed E-state index contributed by atoms with van der Waals surface area (Å²) in [5, 5.41) is 4.24. The molecule has 1 aliphatic carbocycles. The van der Waals surface area contributed by atoms with Crippen LogP contribution in [-0.4, -0.2) is 12.9 Å². The number of ether oxygens (including phenoxy) is 1. The number of rotatable bonds is 5. The largest absolute Gasteiger partial charge is 0.497 e. The highest BCUT2D eigenvalue weighted by Gasteiger charge is 2.31. The van der Waals surface area contributed by atoms with Gasteiger partial charge in [-0.1, -0.05) is 30.2 Å². The van der Waals surface area contributed by atoms with E-state index in [9.17, 15) is 4.79 Å². The lowest BCUT2D eigenvalue weighted by Gasteiger charge is -2.31. The van der Waals surface area contributed by atoms with Crippen molar-refractivity contribution in [2.45, 2.75) is 31.7 Å². The van der Waals surface area contributed by atoms with Crippen LogP contribution in [-0.2, 0) is 4.79 Å². The lowest BCUT2D eigenvalue weighted by atomic mass is 9.80. The molecule has 2 aromatic carbocycles. The van der Waals surface area contributed by atoms with Crippen molar-refractivity contribution in [2.24, 2.45) is 5.92 Å². The maximum absolute atomic E-state index is 12.5. The Kier molecular flexibility index (Phi) is 5.41. The zero-order chi connectivity index (χ0) is 16.9. The first-order valence-electron chi connectivity index (χ1n) is 8.36. The molecule has 0 saturated heterocycles. The Morgan fingerprint density at radius 3 is 2.42 bits per heavy atom. The third-order valence-electron chi connectivity index (χ3n) is 4.65. The van der Waals surface area contributed by atoms with Crippen LogP contribution in [0.2, 0.25) is 5.02 Å². The molecule has 0 spiro atoms. The predicted octanol–water partition coefficient (Wildman–Crippen LogP) is 5.26. The molecule has 24 heavy (non-hydrogen) atoms. The summed E-state index contributed by atoms with van der Waals surface area (Å²) in [4.78, 5) is 12.5. The molecule has 3 rings (SSSR count). The molecule has 126 valence electrons. The Morgan fingerprint density at radius 1 is 1.08 bits per heavy atom. The minimum Gasteiger partial charge on any atom is -0.497 e. The van der Waals surface area contributed by atoms with E-state index in [0.717, 1.165) is 36.3 Å². The number of halogens is 1. The van der Waals surface area contributed by atoms with E-state index in [2.05, 4.69) is 5.32 Å². The Hall–Kier alpha value is -2.00. The number of Topliss-reactive ketones (excluding diaryl/α,β-unsaturated/α-hetero) is 1. The van der Waals surface area contributed by atoms with Gasteiger partial charge in [0.15, 0.2) is 0 Å². The van der Waals surface area contributed by atoms with Crippen molar-refractivity contribution >= 4 is 23.1 Å². The molecule has 3 nitrogen and oxygen atoms in total. The molecule has 0 unspecified atom stereocenters. The molecule has 1 aliphatic rings. The average molecular weight is 344 g/mol. The van der Waals surface area contributed by atoms with Gasteiger partial charge < -0.3 is 10.1 Å². The second-order valence-electron chi connectivity index (χ2n) is 6.22. The fourth-order valence-electron chi connectivity index (χ4n) is 3.32. The molecule has 0 bridgehead atoms. The second-order valence-corrected chi connectivity index (χ2v) is 6.66. The molecule has 0 aromatic heterocycles. The first kappa shape index (κ1) is 16.8. The topological polar surface area (TPSA) is 38.3 Å². The first-order valence-corrected chi connectivity index (χ1v) is 8.74. The Balaban J connectivity index is 1.89. The van der Waals surface area contributed by atoms with Crippen molar-refractivity contribution in [3.8, 4) is 5.75 Å². The van der Waals surface area contributed by atoms with Gasteiger partial charge in [0.25, 0.3) is 0 Å². The number of hydrogen-bond donors (Lipinski definition) is 1. The molecular formula is C20H22ClNO2. The summed E-state index contributed by atoms with van der Waals surface area (Å²) in [6, 6.07) is 15.5. The molecule has 1 N–H and O–H groups in total. The molecule has 1 saturated carbocycles. The lowest BCUT2D eigenvalue weighted by molar-refractivity contribution is -0.125. The van der Waals surface area contributed by atoms with Crippen LogP contribution in [0.5, 0.6) is 5.75 Å². The van der Waals surface area contributed by atoms with Crippen molar-refractivity contribution in [3.05, 3.63) is 59.1 Å². The van der Waals surface area contributed by atoms with E-state index >= 15 is 0 Å². The third kappa shape index (κ3) is 3.90. The number of hydrogen-bond acceptors (Lipinski definition) is 3. The highest BCUT2D eigenvalue weighted by Crippen LogP contribution is 2.35. The molecular weight excluding hydrogens is 322 g/mol. The summed E-state index contributed by atoms with van der Waals surface area (Å²) in [6.07, 6.45) is 3.71. The molecule has 1 fully saturated rings. The van der Waals surface area contributed by atoms with E-state index in [1.54, 1.807) is 7.11 Å². The van der Waals surface area contributed by atoms with Gasteiger partial charge in [-0.3, -0.25) is 4.79 Å². The maximum Gasteiger partial charge on any atom is 0.138 e. The summed E-state index contributed by atoms with van der Waals surface area (Å²) < 4.78 is 5.24. The number of anilines is 1. The van der Waals surface area contributed by atoms with Crippen LogP contribution in [0.3, 0.4) is 0 Å². The average Bonchev–Trinajstić information content (AvgIpc) is 2.62. The van der Waals surface area contributed by atoms with Gasteiger partial charge in [-0.05, 0) is 54.8 Å². The second kappa shape index (κ2) is 7.71. The minimum absolute atomic E-state index is 0.00261. The van der Waals surface area contributed by atoms with Gasteiger partial charge in [0, 0.05) is 23.0 Å². The Labute approximate surface area is 148 Å². The van der Waals surface area contributed by atoms with Gasteiger partial charge >= 0.3 is 0 Å². The van der Waals surface area contributed by atoms with Gasteiger partial charge in [-0.2, -0.15) is 0 Å². The number of benzene rings is 2. The standard InChI is InChI=1S/C20H22ClNO2/c1-24-17-12-6-14(7-13-17)20(18-4-2-3-5-19(18)23)22-16-10-8-15(21)9-11-16/h6-13,18,20,22H,2-5H2,1H3/t18-,20-/m0/s1. The molecule has 0 radical (unpaired) electrons. The van der Waals surface area contributed by atoms with Crippen molar-refractivity contribution < 1.29 is 9.53 Å². The fourth-order valence-corrected chi connectivity index (χ4v) is 3.44. The van der Waals surface area contributed by atoms with Gasteiger partial charge in [-0.15, -0.1) is 0 Å². The zero-order valence-electron chi connectivity index (χ0n) is 13.8. The molecule has 0 aliphatic heterocycles. The van der Waals surface area contributed by atoms with Crippen LogP contribution >= 0.6 is 11.6 Å². The number of methoxy groups -OCH3 is 1. The summed E-state index contributed by atoms with van der Waals surface area (Å²) >= 11 is 5.97. The van der Waals surface area contributed by atoms with Gasteiger partial charge in [0.2, 0.25) is 0 Å². The van der Waals surface area contributed by atoms with E-state index in [0.29, 0.717) is 17.2 Å². The van der Waals surface area contributed by atoms with E-state index in [-0.39, 0.29) is 12.0 Å². The number of carbonyl (C=O) groups excluding carboxylic acids is 1. The quantitative estimate of drug-likeness (QED) is 0.804. The van der Waals surface area contributed by atoms with Crippen LogP contribution in [0.25, 0.3) is 0 Å². The number of nitrogens with one attached hydrogen (secondary N) is 1. The van der Waals surface area contributed by atoms with Gasteiger partial charge in [0.1, 0.15) is 11.5 Å². The predicted molar refractivity (Wildman–Crippen MR) is 97.8 cm³/mol. The van der Waals surface area contributed by atoms with Crippen LogP contribution in [0, 0.1) is 5.92 Å². The lowest BCUT2D eigenvalue weighted by Crippen LogP contribution is -2.30. The molecule has 4 heteroatoms. The fraction of sp³-hybridized carbons (Fsp3) is 0.350. The van der Waals surface area contributed by atoms with Crippen molar-refractivity contribution in [3.63, 3.8) is 0 Å². The third-order valence-corrected chi connectivity index (χ3v) is 4.90. The normalized spacial score (nSPS) is 18.9. The number of carbonyl (C=O) groups is 1. The summed E-state index contributed by atoms with van der Waals surface area (Å²) in [5.41, 5.74) is 2.07. The van der Waals surface area contributed by atoms with E-state index in [1.165, 1.54) is 0 Å². The van der Waals surface area contributed by atoms with Crippen molar-refractivity contribution in [1.29, 1.82) is 0 Å². The van der Waals surface area contributed by atoms with Crippen molar-refractivity contribution in [1.82, 2.24) is 0 Å². The maximum atomic E-state index is 12.5. The monoisotopic (exact) mass is 343 g/mol. The zero-order valence-corrected chi connectivity index (χ0v) is 14.6. The SMILES string of the molecule is COc1ccc([C@H](Nc2ccc(Cl)cc2)[C@H]2CCCCC2=O)cc1. The summed E-state index contributed by atoms with van der Waals surface area (Å²) in [6.45, 7) is 0. The minimum atomic E-state index is -0.0371. The van der Waals surface area contributed by atoms with Gasteiger partial charge in [-0.25, -0.2) is 0 Å². The van der Waals surface area contributed by atoms with E-state index in [4.69, 9.17) is 16.3 Å². The van der Waals surface area contributed by atoms with E-state index < -0.39 is 0 Å². The smallest absolute Gasteiger partial charge is 0.138 e. The summed E-state index contributed by atoms with van der Waals surface area (Å²) in [7, 11) is 1.66. The van der Waals surface area contributed by atoms with Crippen LogP contribution < -0.4 is 10.1 Å².